The second-order valence-electron chi connectivity index (χ2n) is 7.06. The Labute approximate surface area is 164 Å². The summed E-state index contributed by atoms with van der Waals surface area (Å²) in [5.74, 6) is 0.248. The first kappa shape index (κ1) is 21.0. The molecule has 0 saturated carbocycles. The normalized spacial score (nSPS) is 12.2. The molecule has 0 aliphatic heterocycles. The fraction of sp³-hybridized carbons (Fsp3) is 0.400. The molecule has 0 aromatic heterocycles. The minimum absolute atomic E-state index is 0.203. The highest BCUT2D eigenvalue weighted by molar-refractivity contribution is 5.65. The van der Waals surface area contributed by atoms with Gasteiger partial charge < -0.3 is 4.74 Å². The van der Waals surface area contributed by atoms with E-state index in [9.17, 15) is 4.79 Å². The van der Waals surface area contributed by atoms with Crippen LogP contribution in [-0.2, 0) is 16.0 Å². The molecular weight excluding hydrogens is 332 g/mol. The van der Waals surface area contributed by atoms with Crippen LogP contribution in [-0.4, -0.2) is 12.6 Å². The van der Waals surface area contributed by atoms with Crippen molar-refractivity contribution in [2.24, 2.45) is 0 Å². The minimum atomic E-state index is -0.203. The van der Waals surface area contributed by atoms with Gasteiger partial charge in [0.25, 0.3) is 0 Å². The van der Waals surface area contributed by atoms with Crippen molar-refractivity contribution in [1.82, 2.24) is 0 Å². The van der Waals surface area contributed by atoms with Gasteiger partial charge in [-0.25, -0.2) is 0 Å². The predicted octanol–water partition coefficient (Wildman–Crippen LogP) is 6.56. The minimum Gasteiger partial charge on any atom is -0.466 e. The van der Waals surface area contributed by atoms with E-state index in [0.717, 1.165) is 12.8 Å². The van der Waals surface area contributed by atoms with E-state index in [0.29, 0.717) is 12.5 Å². The summed E-state index contributed by atoms with van der Waals surface area (Å²) in [7, 11) is 0. The Bertz CT molecular complexity index is 686. The maximum atomic E-state index is 10.8. The summed E-state index contributed by atoms with van der Waals surface area (Å²) in [6.07, 6.45) is 11.4. The van der Waals surface area contributed by atoms with Gasteiger partial charge in [-0.05, 0) is 36.0 Å². The summed E-state index contributed by atoms with van der Waals surface area (Å²) in [4.78, 5) is 10.8. The highest BCUT2D eigenvalue weighted by Crippen LogP contribution is 2.26. The number of carbonyl (C=O) groups excluding carboxylic acids is 1. The van der Waals surface area contributed by atoms with Gasteiger partial charge in [0.1, 0.15) is 0 Å². The van der Waals surface area contributed by atoms with Crippen molar-refractivity contribution in [1.29, 1.82) is 0 Å². The average molecular weight is 365 g/mol. The predicted molar refractivity (Wildman–Crippen MR) is 114 cm³/mol. The molecule has 2 aromatic rings. The Morgan fingerprint density at radius 2 is 1.74 bits per heavy atom. The van der Waals surface area contributed by atoms with Crippen LogP contribution in [0.4, 0.5) is 0 Å². The lowest BCUT2D eigenvalue weighted by atomic mass is 9.91. The van der Waals surface area contributed by atoms with Crippen LogP contribution in [0.1, 0.15) is 68.6 Å². The molecule has 0 N–H and O–H groups in total. The zero-order chi connectivity index (χ0) is 19.3. The molecule has 0 fully saturated rings. The molecule has 0 saturated heterocycles. The number of allylic oxidation sites excluding steroid dienone is 1. The zero-order valence-corrected chi connectivity index (χ0v) is 16.7. The number of ether oxygens (including phenoxy) is 1. The summed E-state index contributed by atoms with van der Waals surface area (Å²) in [5, 5.41) is 0. The van der Waals surface area contributed by atoms with Crippen molar-refractivity contribution in [2.75, 3.05) is 6.61 Å². The summed E-state index contributed by atoms with van der Waals surface area (Å²) in [6, 6.07) is 19.4. The second kappa shape index (κ2) is 12.1. The van der Waals surface area contributed by atoms with Crippen LogP contribution in [0.15, 0.2) is 60.7 Å². The van der Waals surface area contributed by atoms with Gasteiger partial charge in [-0.3, -0.25) is 4.79 Å². The van der Waals surface area contributed by atoms with Gasteiger partial charge in [0.2, 0.25) is 0 Å². The summed E-state index contributed by atoms with van der Waals surface area (Å²) in [5.41, 5.74) is 3.92. The van der Waals surface area contributed by atoms with Gasteiger partial charge in [-0.1, -0.05) is 92.9 Å². The van der Waals surface area contributed by atoms with E-state index in [1.165, 1.54) is 49.3 Å². The number of rotatable bonds is 11. The molecule has 0 radical (unpaired) electrons. The SMILES string of the molecule is CCCCCC(/C=C/c1ccccc1)c1ccc(CCCOC(C)=O)cc1. The number of benzene rings is 2. The zero-order valence-electron chi connectivity index (χ0n) is 16.7. The number of carbonyl (C=O) groups is 1. The lowest BCUT2D eigenvalue weighted by molar-refractivity contribution is -0.141. The van der Waals surface area contributed by atoms with Crippen LogP contribution in [0.3, 0.4) is 0 Å². The number of aryl methyl sites for hydroxylation is 1. The summed E-state index contributed by atoms with van der Waals surface area (Å²) in [6.45, 7) is 4.20. The van der Waals surface area contributed by atoms with Crippen molar-refractivity contribution in [3.8, 4) is 0 Å². The Morgan fingerprint density at radius 3 is 2.41 bits per heavy atom. The van der Waals surface area contributed by atoms with E-state index in [1.54, 1.807) is 0 Å². The Hall–Kier alpha value is -2.35. The first-order chi connectivity index (χ1) is 13.2. The summed E-state index contributed by atoms with van der Waals surface area (Å²) >= 11 is 0. The monoisotopic (exact) mass is 364 g/mol. The molecule has 0 aliphatic carbocycles. The van der Waals surface area contributed by atoms with Crippen LogP contribution < -0.4 is 0 Å². The van der Waals surface area contributed by atoms with Crippen molar-refractivity contribution >= 4 is 12.0 Å². The van der Waals surface area contributed by atoms with Gasteiger partial charge in [0, 0.05) is 12.8 Å². The lowest BCUT2D eigenvalue weighted by Crippen LogP contribution is -2.02. The molecule has 1 atom stereocenters. The quantitative estimate of drug-likeness (QED) is 0.333. The van der Waals surface area contributed by atoms with Crippen molar-refractivity contribution < 1.29 is 9.53 Å². The highest BCUT2D eigenvalue weighted by atomic mass is 16.5. The molecule has 2 nitrogen and oxygen atoms in total. The van der Waals surface area contributed by atoms with Gasteiger partial charge in [-0.15, -0.1) is 0 Å². The van der Waals surface area contributed by atoms with Crippen LogP contribution in [0.25, 0.3) is 6.08 Å². The maximum Gasteiger partial charge on any atom is 0.302 e. The van der Waals surface area contributed by atoms with Crippen LogP contribution in [0, 0.1) is 0 Å². The van der Waals surface area contributed by atoms with Gasteiger partial charge in [-0.2, -0.15) is 0 Å². The molecule has 1 unspecified atom stereocenters. The topological polar surface area (TPSA) is 26.3 Å². The van der Waals surface area contributed by atoms with E-state index in [4.69, 9.17) is 4.74 Å². The van der Waals surface area contributed by atoms with Crippen molar-refractivity contribution in [3.63, 3.8) is 0 Å². The number of unbranched alkanes of at least 4 members (excludes halogenated alkanes) is 2. The molecule has 27 heavy (non-hydrogen) atoms. The largest absolute Gasteiger partial charge is 0.466 e. The molecule has 144 valence electrons. The molecule has 0 amide bonds. The number of hydrogen-bond acceptors (Lipinski definition) is 2. The van der Waals surface area contributed by atoms with E-state index in [-0.39, 0.29) is 5.97 Å². The molecule has 0 spiro atoms. The summed E-state index contributed by atoms with van der Waals surface area (Å²) < 4.78 is 5.01. The maximum absolute atomic E-state index is 10.8. The smallest absolute Gasteiger partial charge is 0.302 e. The van der Waals surface area contributed by atoms with E-state index >= 15 is 0 Å². The van der Waals surface area contributed by atoms with Crippen LogP contribution in [0.2, 0.25) is 0 Å². The van der Waals surface area contributed by atoms with E-state index in [1.807, 2.05) is 0 Å². The first-order valence-corrected chi connectivity index (χ1v) is 10.1. The molecule has 0 aliphatic rings. The fourth-order valence-corrected chi connectivity index (χ4v) is 3.20. The lowest BCUT2D eigenvalue weighted by Gasteiger charge is -2.14. The molecular formula is C25H32O2. The molecule has 2 rings (SSSR count). The number of esters is 1. The fourth-order valence-electron chi connectivity index (χ4n) is 3.20. The third-order valence-electron chi connectivity index (χ3n) is 4.76. The van der Waals surface area contributed by atoms with Crippen molar-refractivity contribution in [2.45, 2.75) is 58.3 Å². The molecule has 0 heterocycles. The van der Waals surface area contributed by atoms with E-state index in [2.05, 4.69) is 73.7 Å². The number of hydrogen-bond donors (Lipinski definition) is 0. The third-order valence-corrected chi connectivity index (χ3v) is 4.76. The average Bonchev–Trinajstić information content (AvgIpc) is 2.69. The Balaban J connectivity index is 1.99. The van der Waals surface area contributed by atoms with Gasteiger partial charge >= 0.3 is 5.97 Å². The van der Waals surface area contributed by atoms with Gasteiger partial charge in [0.05, 0.1) is 6.61 Å². The van der Waals surface area contributed by atoms with Crippen LogP contribution >= 0.6 is 0 Å². The third kappa shape index (κ3) is 8.25. The van der Waals surface area contributed by atoms with Crippen molar-refractivity contribution in [3.05, 3.63) is 77.4 Å². The standard InChI is InChI=1S/C25H32O2/c1-3-4-6-13-24(17-14-22-10-7-5-8-11-22)25-18-15-23(16-19-25)12-9-20-27-21(2)26/h5,7-8,10-11,14-19,24H,3-4,6,9,12-13,20H2,1-2H3/b17-14+. The molecule has 0 bridgehead atoms. The van der Waals surface area contributed by atoms with E-state index < -0.39 is 0 Å². The Kier molecular flexibility index (Phi) is 9.40. The highest BCUT2D eigenvalue weighted by Gasteiger charge is 2.08. The molecule has 2 heteroatoms. The first-order valence-electron chi connectivity index (χ1n) is 10.1. The molecule has 2 aromatic carbocycles. The van der Waals surface area contributed by atoms with Crippen LogP contribution in [0.5, 0.6) is 0 Å². The van der Waals surface area contributed by atoms with Gasteiger partial charge in [0.15, 0.2) is 0 Å². The second-order valence-corrected chi connectivity index (χ2v) is 7.06. The Morgan fingerprint density at radius 1 is 1.00 bits per heavy atom.